The van der Waals surface area contributed by atoms with Crippen LogP contribution in [0.2, 0.25) is 0 Å². The average molecular weight is 400 g/mol. The normalized spacial score (nSPS) is 19.0. The summed E-state index contributed by atoms with van der Waals surface area (Å²) in [6, 6.07) is 24.9. The summed E-state index contributed by atoms with van der Waals surface area (Å²) < 4.78 is 0. The van der Waals surface area contributed by atoms with Crippen molar-refractivity contribution >= 4 is 5.91 Å². The molecule has 0 spiro atoms. The van der Waals surface area contributed by atoms with Crippen LogP contribution in [0.25, 0.3) is 11.1 Å². The predicted octanol–water partition coefficient (Wildman–Crippen LogP) is 4.32. The Labute approximate surface area is 179 Å². The van der Waals surface area contributed by atoms with Crippen molar-refractivity contribution in [2.24, 2.45) is 5.41 Å². The third-order valence-electron chi connectivity index (χ3n) is 5.99. The number of rotatable bonds is 7. The number of pyridine rings is 1. The van der Waals surface area contributed by atoms with Crippen molar-refractivity contribution in [2.45, 2.75) is 26.3 Å². The molecule has 1 N–H and O–H groups in total. The van der Waals surface area contributed by atoms with Crippen molar-refractivity contribution in [1.82, 2.24) is 15.2 Å². The molecule has 1 saturated heterocycles. The van der Waals surface area contributed by atoms with Gasteiger partial charge in [0.15, 0.2) is 0 Å². The summed E-state index contributed by atoms with van der Waals surface area (Å²) in [5.41, 5.74) is 4.27. The van der Waals surface area contributed by atoms with Crippen molar-refractivity contribution in [1.29, 1.82) is 0 Å². The molecule has 0 saturated carbocycles. The van der Waals surface area contributed by atoms with Crippen molar-refractivity contribution in [2.75, 3.05) is 19.6 Å². The van der Waals surface area contributed by atoms with Crippen molar-refractivity contribution in [3.05, 3.63) is 90.3 Å². The SMILES string of the molecule is CCNC(=O)C1(Cc2ccccc2-c2ccccc2)CCN(Cc2ccccn2)C1. The van der Waals surface area contributed by atoms with E-state index >= 15 is 0 Å². The van der Waals surface area contributed by atoms with Gasteiger partial charge in [-0.3, -0.25) is 14.7 Å². The fraction of sp³-hybridized carbons (Fsp3) is 0.308. The molecule has 4 nitrogen and oxygen atoms in total. The van der Waals surface area contributed by atoms with Crippen molar-refractivity contribution < 1.29 is 4.79 Å². The molecule has 154 valence electrons. The number of likely N-dealkylation sites (tertiary alicyclic amines) is 1. The zero-order chi connectivity index (χ0) is 20.8. The number of amides is 1. The highest BCUT2D eigenvalue weighted by atomic mass is 16.2. The van der Waals surface area contributed by atoms with Gasteiger partial charge in [0.1, 0.15) is 0 Å². The molecule has 2 aromatic carbocycles. The van der Waals surface area contributed by atoms with E-state index < -0.39 is 5.41 Å². The number of benzene rings is 2. The first kappa shape index (κ1) is 20.3. The maximum atomic E-state index is 13.3. The standard InChI is InChI=1S/C26H29N3O/c1-2-27-25(30)26(15-17-29(20-26)19-23-13-8-9-16-28-23)18-22-12-6-7-14-24(22)21-10-4-3-5-11-21/h3-14,16H,2,15,17-20H2,1H3,(H,27,30). The third-order valence-corrected chi connectivity index (χ3v) is 5.99. The van der Waals surface area contributed by atoms with Gasteiger partial charge >= 0.3 is 0 Å². The topological polar surface area (TPSA) is 45.2 Å². The molecule has 0 bridgehead atoms. The molecule has 1 aliphatic heterocycles. The van der Waals surface area contributed by atoms with Gasteiger partial charge in [0.05, 0.1) is 11.1 Å². The number of nitrogens with one attached hydrogen (secondary N) is 1. The molecule has 1 aliphatic rings. The highest BCUT2D eigenvalue weighted by Crippen LogP contribution is 2.38. The second-order valence-electron chi connectivity index (χ2n) is 8.12. The number of hydrogen-bond donors (Lipinski definition) is 1. The molecule has 0 aliphatic carbocycles. The van der Waals surface area contributed by atoms with Gasteiger partial charge in [0.2, 0.25) is 5.91 Å². The van der Waals surface area contributed by atoms with E-state index in [9.17, 15) is 4.79 Å². The number of carbonyl (C=O) groups is 1. The van der Waals surface area contributed by atoms with Gasteiger partial charge < -0.3 is 5.32 Å². The summed E-state index contributed by atoms with van der Waals surface area (Å²) in [7, 11) is 0. The second-order valence-corrected chi connectivity index (χ2v) is 8.12. The first-order valence-corrected chi connectivity index (χ1v) is 10.7. The van der Waals surface area contributed by atoms with Gasteiger partial charge in [-0.1, -0.05) is 60.7 Å². The summed E-state index contributed by atoms with van der Waals surface area (Å²) in [6.07, 6.45) is 3.43. The minimum atomic E-state index is -0.421. The minimum Gasteiger partial charge on any atom is -0.356 e. The first-order valence-electron chi connectivity index (χ1n) is 10.7. The Morgan fingerprint density at radius 1 is 1.03 bits per heavy atom. The van der Waals surface area contributed by atoms with E-state index in [1.54, 1.807) is 0 Å². The fourth-order valence-corrected chi connectivity index (χ4v) is 4.51. The van der Waals surface area contributed by atoms with Crippen LogP contribution in [0.15, 0.2) is 79.0 Å². The van der Waals surface area contributed by atoms with E-state index in [2.05, 4.69) is 69.8 Å². The Morgan fingerprint density at radius 2 is 1.80 bits per heavy atom. The van der Waals surface area contributed by atoms with E-state index in [1.165, 1.54) is 16.7 Å². The molecular formula is C26H29N3O. The number of nitrogens with zero attached hydrogens (tertiary/aromatic N) is 2. The number of carbonyl (C=O) groups excluding carboxylic acids is 1. The fourth-order valence-electron chi connectivity index (χ4n) is 4.51. The van der Waals surface area contributed by atoms with Crippen LogP contribution >= 0.6 is 0 Å². The lowest BCUT2D eigenvalue weighted by Crippen LogP contribution is -2.44. The lowest BCUT2D eigenvalue weighted by Gasteiger charge is -2.29. The molecule has 1 aromatic heterocycles. The molecule has 4 heteroatoms. The van der Waals surface area contributed by atoms with Crippen LogP contribution < -0.4 is 5.32 Å². The molecule has 2 heterocycles. The summed E-state index contributed by atoms with van der Waals surface area (Å²) >= 11 is 0. The maximum Gasteiger partial charge on any atom is 0.227 e. The lowest BCUT2D eigenvalue weighted by atomic mass is 9.78. The average Bonchev–Trinajstić information content (AvgIpc) is 3.19. The van der Waals surface area contributed by atoms with Crippen LogP contribution in [-0.2, 0) is 17.8 Å². The molecule has 1 unspecified atom stereocenters. The lowest BCUT2D eigenvalue weighted by molar-refractivity contribution is -0.130. The molecule has 30 heavy (non-hydrogen) atoms. The van der Waals surface area contributed by atoms with E-state index in [1.807, 2.05) is 31.3 Å². The van der Waals surface area contributed by atoms with E-state index in [0.29, 0.717) is 6.54 Å². The van der Waals surface area contributed by atoms with Crippen LogP contribution in [0, 0.1) is 5.41 Å². The van der Waals surface area contributed by atoms with Gasteiger partial charge in [-0.05, 0) is 55.1 Å². The maximum absolute atomic E-state index is 13.3. The molecule has 3 aromatic rings. The zero-order valence-electron chi connectivity index (χ0n) is 17.6. The van der Waals surface area contributed by atoms with Crippen LogP contribution in [0.5, 0.6) is 0 Å². The van der Waals surface area contributed by atoms with Crippen LogP contribution in [0.4, 0.5) is 0 Å². The summed E-state index contributed by atoms with van der Waals surface area (Å²) in [6.45, 7) is 5.08. The Balaban J connectivity index is 1.61. The van der Waals surface area contributed by atoms with Crippen LogP contribution in [-0.4, -0.2) is 35.4 Å². The highest BCUT2D eigenvalue weighted by molar-refractivity contribution is 5.84. The van der Waals surface area contributed by atoms with Gasteiger partial charge in [-0.25, -0.2) is 0 Å². The van der Waals surface area contributed by atoms with Crippen LogP contribution in [0.1, 0.15) is 24.6 Å². The number of aromatic nitrogens is 1. The Bertz CT molecular complexity index is 974. The van der Waals surface area contributed by atoms with Crippen LogP contribution in [0.3, 0.4) is 0 Å². The monoisotopic (exact) mass is 399 g/mol. The molecule has 4 rings (SSSR count). The van der Waals surface area contributed by atoms with E-state index in [-0.39, 0.29) is 5.91 Å². The summed E-state index contributed by atoms with van der Waals surface area (Å²) in [5.74, 6) is 0.163. The third kappa shape index (κ3) is 4.44. The van der Waals surface area contributed by atoms with Gasteiger partial charge in [0.25, 0.3) is 0 Å². The van der Waals surface area contributed by atoms with E-state index in [4.69, 9.17) is 0 Å². The highest BCUT2D eigenvalue weighted by Gasteiger charge is 2.44. The Hall–Kier alpha value is -2.98. The van der Waals surface area contributed by atoms with E-state index in [0.717, 1.165) is 38.2 Å². The first-order chi connectivity index (χ1) is 14.7. The van der Waals surface area contributed by atoms with Gasteiger partial charge in [-0.15, -0.1) is 0 Å². The Morgan fingerprint density at radius 3 is 2.57 bits per heavy atom. The minimum absolute atomic E-state index is 0.163. The molecule has 1 atom stereocenters. The molecule has 1 fully saturated rings. The van der Waals surface area contributed by atoms with Crippen molar-refractivity contribution in [3.63, 3.8) is 0 Å². The zero-order valence-corrected chi connectivity index (χ0v) is 17.6. The second kappa shape index (κ2) is 9.23. The quantitative estimate of drug-likeness (QED) is 0.644. The van der Waals surface area contributed by atoms with Gasteiger partial charge in [-0.2, -0.15) is 0 Å². The molecule has 0 radical (unpaired) electrons. The smallest absolute Gasteiger partial charge is 0.227 e. The Kier molecular flexibility index (Phi) is 6.24. The predicted molar refractivity (Wildman–Crippen MR) is 121 cm³/mol. The summed E-state index contributed by atoms with van der Waals surface area (Å²) in [5, 5.41) is 3.11. The number of hydrogen-bond acceptors (Lipinski definition) is 3. The molecule has 1 amide bonds. The molecular weight excluding hydrogens is 370 g/mol. The van der Waals surface area contributed by atoms with Gasteiger partial charge in [0, 0.05) is 25.8 Å². The van der Waals surface area contributed by atoms with Crippen molar-refractivity contribution in [3.8, 4) is 11.1 Å². The largest absolute Gasteiger partial charge is 0.356 e. The summed E-state index contributed by atoms with van der Waals surface area (Å²) in [4.78, 5) is 20.1.